The van der Waals surface area contributed by atoms with Gasteiger partial charge in [-0.15, -0.1) is 12.4 Å². The van der Waals surface area contributed by atoms with Crippen LogP contribution in [0.5, 0.6) is 17.2 Å². The molecule has 0 aliphatic heterocycles. The Kier molecular flexibility index (Phi) is 9.92. The molecule has 3 aromatic carbocycles. The van der Waals surface area contributed by atoms with Crippen molar-refractivity contribution in [3.05, 3.63) is 88.2 Å². The first kappa shape index (κ1) is 24.8. The van der Waals surface area contributed by atoms with Gasteiger partial charge in [-0.3, -0.25) is 0 Å². The summed E-state index contributed by atoms with van der Waals surface area (Å²) in [5, 5.41) is 3.89. The Morgan fingerprint density at radius 1 is 0.871 bits per heavy atom. The maximum Gasteiger partial charge on any atom is 0.180 e. The molecule has 3 aromatic rings. The summed E-state index contributed by atoms with van der Waals surface area (Å²) in [5.74, 6) is 1.62. The summed E-state index contributed by atoms with van der Waals surface area (Å²) < 4.78 is 29.5. The van der Waals surface area contributed by atoms with Gasteiger partial charge >= 0.3 is 0 Å². The summed E-state index contributed by atoms with van der Waals surface area (Å²) in [6, 6.07) is 18.0. The van der Waals surface area contributed by atoms with E-state index in [1.54, 1.807) is 26.4 Å². The summed E-state index contributed by atoms with van der Waals surface area (Å²) in [6.07, 6.45) is 0.910. The molecule has 0 saturated carbocycles. The molecule has 0 saturated heterocycles. The predicted molar refractivity (Wildman–Crippen MR) is 124 cm³/mol. The SMILES string of the molecule is COc1ccc(CCNCc2cc(Cl)c(OCc3ccc(F)cc3)c(OC)c2)cc1.Cl. The van der Waals surface area contributed by atoms with Crippen molar-refractivity contribution < 1.29 is 18.6 Å². The molecule has 166 valence electrons. The van der Waals surface area contributed by atoms with Gasteiger partial charge in [0.05, 0.1) is 19.2 Å². The molecule has 0 radical (unpaired) electrons. The molecule has 0 aliphatic rings. The fourth-order valence-electron chi connectivity index (χ4n) is 3.01. The molecule has 0 heterocycles. The van der Waals surface area contributed by atoms with E-state index in [1.165, 1.54) is 17.7 Å². The first-order chi connectivity index (χ1) is 14.6. The van der Waals surface area contributed by atoms with Crippen molar-refractivity contribution in [3.63, 3.8) is 0 Å². The van der Waals surface area contributed by atoms with Crippen molar-refractivity contribution in [2.24, 2.45) is 0 Å². The van der Waals surface area contributed by atoms with Crippen LogP contribution in [-0.2, 0) is 19.6 Å². The molecule has 7 heteroatoms. The molecule has 3 rings (SSSR count). The van der Waals surface area contributed by atoms with Gasteiger partial charge in [0.25, 0.3) is 0 Å². The highest BCUT2D eigenvalue weighted by atomic mass is 35.5. The average Bonchev–Trinajstić information content (AvgIpc) is 2.77. The second kappa shape index (κ2) is 12.4. The quantitative estimate of drug-likeness (QED) is 0.382. The minimum atomic E-state index is -0.279. The predicted octanol–water partition coefficient (Wildman–Crippen LogP) is 5.83. The van der Waals surface area contributed by atoms with Gasteiger partial charge < -0.3 is 19.5 Å². The first-order valence-electron chi connectivity index (χ1n) is 9.66. The van der Waals surface area contributed by atoms with E-state index in [9.17, 15) is 4.39 Å². The number of methoxy groups -OCH3 is 2. The summed E-state index contributed by atoms with van der Waals surface area (Å²) in [6.45, 7) is 1.76. The topological polar surface area (TPSA) is 39.7 Å². The highest BCUT2D eigenvalue weighted by Crippen LogP contribution is 2.37. The van der Waals surface area contributed by atoms with Crippen LogP contribution in [0.4, 0.5) is 4.39 Å². The maximum atomic E-state index is 13.0. The number of hydrogen-bond donors (Lipinski definition) is 1. The molecule has 0 bridgehead atoms. The van der Waals surface area contributed by atoms with Crippen LogP contribution in [0.15, 0.2) is 60.7 Å². The minimum Gasteiger partial charge on any atom is -0.497 e. The third-order valence-electron chi connectivity index (χ3n) is 4.66. The van der Waals surface area contributed by atoms with Crippen molar-refractivity contribution >= 4 is 24.0 Å². The molecular weight excluding hydrogens is 440 g/mol. The largest absolute Gasteiger partial charge is 0.497 e. The van der Waals surface area contributed by atoms with Gasteiger partial charge in [0, 0.05) is 6.54 Å². The Bertz CT molecular complexity index is 950. The van der Waals surface area contributed by atoms with E-state index in [-0.39, 0.29) is 24.8 Å². The van der Waals surface area contributed by atoms with E-state index in [4.69, 9.17) is 25.8 Å². The molecule has 0 aromatic heterocycles. The molecule has 0 atom stereocenters. The lowest BCUT2D eigenvalue weighted by Crippen LogP contribution is -2.16. The Labute approximate surface area is 193 Å². The lowest BCUT2D eigenvalue weighted by atomic mass is 10.1. The number of halogens is 3. The molecule has 0 fully saturated rings. The van der Waals surface area contributed by atoms with Crippen molar-refractivity contribution in [1.82, 2.24) is 5.32 Å². The van der Waals surface area contributed by atoms with Gasteiger partial charge in [-0.05, 0) is 66.1 Å². The van der Waals surface area contributed by atoms with Crippen LogP contribution in [-0.4, -0.2) is 20.8 Å². The summed E-state index contributed by atoms with van der Waals surface area (Å²) in [5.41, 5.74) is 3.09. The third kappa shape index (κ3) is 7.31. The Balaban J connectivity index is 0.00000341. The highest BCUT2D eigenvalue weighted by Gasteiger charge is 2.12. The molecule has 0 unspecified atom stereocenters. The van der Waals surface area contributed by atoms with Crippen LogP contribution < -0.4 is 19.5 Å². The van der Waals surface area contributed by atoms with Crippen LogP contribution in [0.3, 0.4) is 0 Å². The Morgan fingerprint density at radius 2 is 1.55 bits per heavy atom. The van der Waals surface area contributed by atoms with E-state index in [0.29, 0.717) is 23.1 Å². The highest BCUT2D eigenvalue weighted by molar-refractivity contribution is 6.32. The van der Waals surface area contributed by atoms with E-state index in [1.807, 2.05) is 24.3 Å². The number of hydrogen-bond acceptors (Lipinski definition) is 4. The normalized spacial score (nSPS) is 10.3. The molecule has 0 aliphatic carbocycles. The summed E-state index contributed by atoms with van der Waals surface area (Å²) >= 11 is 6.44. The van der Waals surface area contributed by atoms with E-state index >= 15 is 0 Å². The van der Waals surface area contributed by atoms with Crippen molar-refractivity contribution in [1.29, 1.82) is 0 Å². The Morgan fingerprint density at radius 3 is 2.19 bits per heavy atom. The van der Waals surface area contributed by atoms with Crippen LogP contribution in [0, 0.1) is 5.82 Å². The Hall–Kier alpha value is -2.47. The number of rotatable bonds is 10. The maximum absolute atomic E-state index is 13.0. The summed E-state index contributed by atoms with van der Waals surface area (Å²) in [7, 11) is 3.24. The van der Waals surface area contributed by atoms with E-state index in [0.717, 1.165) is 29.8 Å². The van der Waals surface area contributed by atoms with Gasteiger partial charge in [0.2, 0.25) is 0 Å². The van der Waals surface area contributed by atoms with Crippen LogP contribution >= 0.6 is 24.0 Å². The lowest BCUT2D eigenvalue weighted by Gasteiger charge is -2.15. The number of benzene rings is 3. The molecule has 31 heavy (non-hydrogen) atoms. The van der Waals surface area contributed by atoms with Crippen molar-refractivity contribution in [2.75, 3.05) is 20.8 Å². The average molecular weight is 466 g/mol. The molecule has 4 nitrogen and oxygen atoms in total. The fourth-order valence-corrected chi connectivity index (χ4v) is 3.30. The van der Waals surface area contributed by atoms with Crippen LogP contribution in [0.2, 0.25) is 5.02 Å². The zero-order chi connectivity index (χ0) is 21.3. The van der Waals surface area contributed by atoms with E-state index in [2.05, 4.69) is 17.4 Å². The monoisotopic (exact) mass is 465 g/mol. The molecular formula is C24H26Cl2FNO3. The summed E-state index contributed by atoms with van der Waals surface area (Å²) in [4.78, 5) is 0. The van der Waals surface area contributed by atoms with Gasteiger partial charge in [-0.25, -0.2) is 4.39 Å². The fraction of sp³-hybridized carbons (Fsp3) is 0.250. The van der Waals surface area contributed by atoms with Gasteiger partial charge in [-0.1, -0.05) is 35.9 Å². The molecule has 0 spiro atoms. The smallest absolute Gasteiger partial charge is 0.180 e. The number of nitrogens with one attached hydrogen (secondary N) is 1. The van der Waals surface area contributed by atoms with Crippen molar-refractivity contribution in [2.45, 2.75) is 19.6 Å². The van der Waals surface area contributed by atoms with Gasteiger partial charge in [0.1, 0.15) is 18.2 Å². The standard InChI is InChI=1S/C24H25ClFNO3.ClH/c1-28-21-9-5-17(6-10-21)11-12-27-15-19-13-22(25)24(23(14-19)29-2)30-16-18-3-7-20(26)8-4-18;/h3-10,13-14,27H,11-12,15-16H2,1-2H3;1H. The molecule has 0 amide bonds. The van der Waals surface area contributed by atoms with E-state index < -0.39 is 0 Å². The molecule has 1 N–H and O–H groups in total. The lowest BCUT2D eigenvalue weighted by molar-refractivity contribution is 0.284. The van der Waals surface area contributed by atoms with Gasteiger partial charge in [0.15, 0.2) is 11.5 Å². The zero-order valence-corrected chi connectivity index (χ0v) is 19.1. The zero-order valence-electron chi connectivity index (χ0n) is 17.5. The third-order valence-corrected chi connectivity index (χ3v) is 4.95. The minimum absolute atomic E-state index is 0. The van der Waals surface area contributed by atoms with Gasteiger partial charge in [-0.2, -0.15) is 0 Å². The second-order valence-corrected chi connectivity index (χ2v) is 7.21. The second-order valence-electron chi connectivity index (χ2n) is 6.80. The van der Waals surface area contributed by atoms with Crippen LogP contribution in [0.1, 0.15) is 16.7 Å². The number of ether oxygens (including phenoxy) is 3. The van der Waals surface area contributed by atoms with Crippen molar-refractivity contribution in [3.8, 4) is 17.2 Å². The first-order valence-corrected chi connectivity index (χ1v) is 10.0. The van der Waals surface area contributed by atoms with Crippen LogP contribution in [0.25, 0.3) is 0 Å².